The monoisotopic (exact) mass is 195 g/mol. The molecule has 5 nitrogen and oxygen atoms in total. The summed E-state index contributed by atoms with van der Waals surface area (Å²) >= 11 is 0. The molecule has 0 aromatic rings. The van der Waals surface area contributed by atoms with Crippen LogP contribution in [0.3, 0.4) is 0 Å². The maximum absolute atomic E-state index is 10.9. The van der Waals surface area contributed by atoms with Crippen molar-refractivity contribution in [2.45, 2.75) is 13.2 Å². The van der Waals surface area contributed by atoms with E-state index in [4.69, 9.17) is 15.6 Å². The molecule has 0 spiro atoms. The molecule has 0 aromatic carbocycles. The molecule has 0 saturated heterocycles. The Bertz CT molecular complexity index is 255. The first-order valence-corrected chi connectivity index (χ1v) is 5.24. The van der Waals surface area contributed by atoms with E-state index in [-0.39, 0.29) is 4.91 Å². The van der Waals surface area contributed by atoms with Gasteiger partial charge in [-0.1, -0.05) is 0 Å². The molecule has 0 aliphatic heterocycles. The minimum atomic E-state index is -3.48. The van der Waals surface area contributed by atoms with Gasteiger partial charge in [-0.3, -0.25) is 0 Å². The summed E-state index contributed by atoms with van der Waals surface area (Å²) in [7, 11) is -3.48. The van der Waals surface area contributed by atoms with E-state index in [1.54, 1.807) is 6.92 Å². The van der Waals surface area contributed by atoms with Crippen molar-refractivity contribution in [2.24, 2.45) is 5.73 Å². The maximum Gasteiger partial charge on any atom is 0.178 e. The average Bonchev–Trinajstić information content (AvgIpc) is 1.84. The number of nitrogens with two attached hydrogens (primary N) is 1. The zero-order valence-electron chi connectivity index (χ0n) is 7.02. The number of rotatable bonds is 4. The molecule has 12 heavy (non-hydrogen) atoms. The van der Waals surface area contributed by atoms with Crippen molar-refractivity contribution < 1.29 is 18.3 Å². The molecule has 0 amide bonds. The van der Waals surface area contributed by atoms with Gasteiger partial charge in [0.05, 0.1) is 6.61 Å². The van der Waals surface area contributed by atoms with E-state index in [0.29, 0.717) is 6.61 Å². The number of hydrogen-bond acceptors (Lipinski definition) is 5. The van der Waals surface area contributed by atoms with Crippen molar-refractivity contribution in [3.63, 3.8) is 0 Å². The van der Waals surface area contributed by atoms with Crippen LogP contribution in [0.25, 0.3) is 0 Å². The Hall–Kier alpha value is -0.590. The summed E-state index contributed by atoms with van der Waals surface area (Å²) in [5.74, 6) is 0. The number of aliphatic hydroxyl groups excluding tert-OH is 1. The molecule has 0 heterocycles. The van der Waals surface area contributed by atoms with Crippen LogP contribution in [-0.2, 0) is 14.6 Å². The third-order valence-corrected chi connectivity index (χ3v) is 2.28. The third-order valence-electron chi connectivity index (χ3n) is 1.09. The Morgan fingerprint density at radius 3 is 2.50 bits per heavy atom. The molecule has 0 unspecified atom stereocenters. The number of ether oxygens (including phenoxy) is 1. The van der Waals surface area contributed by atoms with Crippen LogP contribution in [0.1, 0.15) is 6.92 Å². The van der Waals surface area contributed by atoms with Crippen LogP contribution in [0.2, 0.25) is 0 Å². The van der Waals surface area contributed by atoms with Crippen LogP contribution < -0.4 is 5.73 Å². The van der Waals surface area contributed by atoms with Crippen molar-refractivity contribution >= 4 is 9.84 Å². The Kier molecular flexibility index (Phi) is 4.22. The van der Waals surface area contributed by atoms with Gasteiger partial charge in [0.1, 0.15) is 17.4 Å². The van der Waals surface area contributed by atoms with Gasteiger partial charge in [-0.15, -0.1) is 0 Å². The van der Waals surface area contributed by atoms with Crippen LogP contribution >= 0.6 is 0 Å². The van der Waals surface area contributed by atoms with Crippen molar-refractivity contribution in [3.05, 3.63) is 11.2 Å². The lowest BCUT2D eigenvalue weighted by atomic mass is 10.5. The predicted molar refractivity (Wildman–Crippen MR) is 44.7 cm³/mol. The minimum absolute atomic E-state index is 0.315. The van der Waals surface area contributed by atoms with Gasteiger partial charge in [-0.2, -0.15) is 0 Å². The summed E-state index contributed by atoms with van der Waals surface area (Å²) in [6.07, 6.45) is 0.389. The quantitative estimate of drug-likeness (QED) is 0.452. The van der Waals surface area contributed by atoms with Crippen LogP contribution in [0.4, 0.5) is 0 Å². The van der Waals surface area contributed by atoms with E-state index >= 15 is 0 Å². The Morgan fingerprint density at radius 1 is 1.75 bits per heavy atom. The van der Waals surface area contributed by atoms with E-state index < -0.39 is 16.1 Å². The lowest BCUT2D eigenvalue weighted by Gasteiger charge is -2.07. The standard InChI is InChI=1S/C6H13NO4S/c1-3-11-4-5(6(7)8)12(2,9)10/h4,6,8H,3,7H2,1-2H3/b5-4-/t6-/m1/s1. The number of sulfone groups is 1. The lowest BCUT2D eigenvalue weighted by Crippen LogP contribution is -2.26. The molecule has 0 aliphatic carbocycles. The smallest absolute Gasteiger partial charge is 0.178 e. The molecular weight excluding hydrogens is 182 g/mol. The van der Waals surface area contributed by atoms with E-state index in [0.717, 1.165) is 12.5 Å². The van der Waals surface area contributed by atoms with Gasteiger partial charge < -0.3 is 15.6 Å². The molecule has 0 saturated carbocycles. The van der Waals surface area contributed by atoms with Crippen molar-refractivity contribution in [3.8, 4) is 0 Å². The molecule has 1 atom stereocenters. The predicted octanol–water partition coefficient (Wildman–Crippen LogP) is -0.814. The van der Waals surface area contributed by atoms with Crippen molar-refractivity contribution in [1.29, 1.82) is 0 Å². The second kappa shape index (κ2) is 4.44. The van der Waals surface area contributed by atoms with Crippen LogP contribution in [-0.4, -0.2) is 32.6 Å². The van der Waals surface area contributed by atoms with E-state index in [9.17, 15) is 8.42 Å². The fraction of sp³-hybridized carbons (Fsp3) is 0.667. The van der Waals surface area contributed by atoms with Gasteiger partial charge in [0.15, 0.2) is 9.84 Å². The van der Waals surface area contributed by atoms with E-state index in [2.05, 4.69) is 0 Å². The molecule has 0 bridgehead atoms. The summed E-state index contributed by atoms with van der Waals surface area (Å²) < 4.78 is 26.5. The second-order valence-corrected chi connectivity index (χ2v) is 4.21. The van der Waals surface area contributed by atoms with Crippen molar-refractivity contribution in [2.75, 3.05) is 12.9 Å². The van der Waals surface area contributed by atoms with Crippen LogP contribution in [0.5, 0.6) is 0 Å². The first kappa shape index (κ1) is 11.4. The van der Waals surface area contributed by atoms with Gasteiger partial charge in [-0.25, -0.2) is 8.42 Å². The highest BCUT2D eigenvalue weighted by atomic mass is 32.2. The molecular formula is C6H13NO4S. The number of hydrogen-bond donors (Lipinski definition) is 2. The maximum atomic E-state index is 10.9. The van der Waals surface area contributed by atoms with E-state index in [1.165, 1.54) is 0 Å². The summed E-state index contributed by atoms with van der Waals surface area (Å²) in [6.45, 7) is 2.02. The molecule has 72 valence electrons. The van der Waals surface area contributed by atoms with Crippen LogP contribution in [0, 0.1) is 0 Å². The topological polar surface area (TPSA) is 89.6 Å². The molecule has 0 aromatic heterocycles. The Labute approximate surface area is 71.7 Å². The fourth-order valence-corrected chi connectivity index (χ4v) is 1.22. The molecule has 6 heteroatoms. The Balaban J connectivity index is 4.69. The highest BCUT2D eigenvalue weighted by molar-refractivity contribution is 7.94. The van der Waals surface area contributed by atoms with Gasteiger partial charge in [0.25, 0.3) is 0 Å². The molecule has 0 radical (unpaired) electrons. The highest BCUT2D eigenvalue weighted by Gasteiger charge is 2.17. The second-order valence-electron chi connectivity index (χ2n) is 2.19. The summed E-state index contributed by atoms with van der Waals surface area (Å²) in [5, 5.41) is 8.82. The van der Waals surface area contributed by atoms with Gasteiger partial charge in [0, 0.05) is 6.26 Å². The minimum Gasteiger partial charge on any atom is -0.500 e. The molecule has 3 N–H and O–H groups in total. The normalized spacial score (nSPS) is 15.8. The summed E-state index contributed by atoms with van der Waals surface area (Å²) in [6, 6.07) is 0. The lowest BCUT2D eigenvalue weighted by molar-refractivity contribution is 0.211. The zero-order valence-corrected chi connectivity index (χ0v) is 7.84. The van der Waals surface area contributed by atoms with Gasteiger partial charge in [-0.05, 0) is 6.92 Å². The summed E-state index contributed by atoms with van der Waals surface area (Å²) in [4.78, 5) is -0.315. The summed E-state index contributed by atoms with van der Waals surface area (Å²) in [5.41, 5.74) is 4.99. The van der Waals surface area contributed by atoms with Gasteiger partial charge >= 0.3 is 0 Å². The molecule has 0 aliphatic rings. The fourth-order valence-electron chi connectivity index (χ4n) is 0.542. The average molecular weight is 195 g/mol. The van der Waals surface area contributed by atoms with E-state index in [1.807, 2.05) is 0 Å². The van der Waals surface area contributed by atoms with Gasteiger partial charge in [0.2, 0.25) is 0 Å². The van der Waals surface area contributed by atoms with Crippen molar-refractivity contribution in [1.82, 2.24) is 0 Å². The Morgan fingerprint density at radius 2 is 2.25 bits per heavy atom. The molecule has 0 fully saturated rings. The third kappa shape index (κ3) is 3.70. The first-order valence-electron chi connectivity index (χ1n) is 3.35. The highest BCUT2D eigenvalue weighted by Crippen LogP contribution is 2.06. The largest absolute Gasteiger partial charge is 0.500 e. The zero-order chi connectivity index (χ0) is 9.78. The first-order chi connectivity index (χ1) is 5.39. The number of aliphatic hydroxyl groups is 1. The SMILES string of the molecule is CCO/C=C(/[C@H](N)O)S(C)(=O)=O. The molecule has 0 rings (SSSR count). The van der Waals surface area contributed by atoms with Crippen LogP contribution in [0.15, 0.2) is 11.2 Å².